The summed E-state index contributed by atoms with van der Waals surface area (Å²) in [5, 5.41) is 0. The number of rotatable bonds is 2. The van der Waals surface area contributed by atoms with E-state index in [9.17, 15) is 8.42 Å². The van der Waals surface area contributed by atoms with Crippen LogP contribution in [0.5, 0.6) is 0 Å². The van der Waals surface area contributed by atoms with E-state index in [1.807, 2.05) is 0 Å². The summed E-state index contributed by atoms with van der Waals surface area (Å²) in [5.41, 5.74) is 0.549. The van der Waals surface area contributed by atoms with Crippen molar-refractivity contribution in [1.82, 2.24) is 0 Å². The molecule has 0 aliphatic heterocycles. The van der Waals surface area contributed by atoms with E-state index in [4.69, 9.17) is 0 Å². The minimum Gasteiger partial charge on any atom is -0.644 e. The smallest absolute Gasteiger partial charge is 0.644 e. The molecule has 0 saturated carbocycles. The predicted molar refractivity (Wildman–Crippen MR) is 51.1 cm³/mol. The van der Waals surface area contributed by atoms with Crippen molar-refractivity contribution in [3.8, 4) is 0 Å². The molecule has 0 heterocycles. The van der Waals surface area contributed by atoms with Gasteiger partial charge < -0.3 is 11.7 Å². The van der Waals surface area contributed by atoms with Crippen LogP contribution in [0, 0.1) is 0 Å². The van der Waals surface area contributed by atoms with E-state index in [1.165, 1.54) is 12.1 Å². The number of hydrogen-bond donors (Lipinski definition) is 0. The Kier molecular flexibility index (Phi) is 5.32. The van der Waals surface area contributed by atoms with E-state index in [0.29, 0.717) is 5.56 Å². The number of hydrogen-bond acceptors (Lipinski definition) is 3. The van der Waals surface area contributed by atoms with Crippen LogP contribution < -0.4 is 29.6 Å². The van der Waals surface area contributed by atoms with Gasteiger partial charge in [-0.3, -0.25) is 0 Å². The van der Waals surface area contributed by atoms with E-state index in [2.05, 4.69) is 18.2 Å². The maximum Gasteiger partial charge on any atom is 1.00 e. The minimum absolute atomic E-state index is 0. The molecule has 0 spiro atoms. The Bertz CT molecular complexity index is 398. The topological polar surface area (TPSA) is 34.1 Å². The Balaban J connectivity index is 0.00000144. The van der Waals surface area contributed by atoms with Crippen molar-refractivity contribution in [2.45, 2.75) is 4.90 Å². The first-order valence-electron chi connectivity index (χ1n) is 3.23. The molecule has 0 bridgehead atoms. The van der Waals surface area contributed by atoms with Gasteiger partial charge in [0.15, 0.2) is 0 Å². The van der Waals surface area contributed by atoms with Crippen molar-refractivity contribution in [2.75, 3.05) is 0 Å². The molecule has 0 N–H and O–H groups in total. The van der Waals surface area contributed by atoms with Crippen molar-refractivity contribution < 1.29 is 38.0 Å². The number of benzene rings is 1. The second-order valence-electron chi connectivity index (χ2n) is 2.20. The van der Waals surface area contributed by atoms with E-state index in [0.717, 1.165) is 0 Å². The molecule has 0 aromatic heterocycles. The van der Waals surface area contributed by atoms with Gasteiger partial charge in [-0.15, -0.1) is 0 Å². The molecule has 0 radical (unpaired) electrons. The zero-order valence-electron chi connectivity index (χ0n) is 7.23. The van der Waals surface area contributed by atoms with Crippen LogP contribution in [0.15, 0.2) is 35.7 Å². The van der Waals surface area contributed by atoms with E-state index in [1.54, 1.807) is 18.2 Å². The third-order valence-electron chi connectivity index (χ3n) is 1.41. The molecule has 1 rings (SSSR count). The normalized spacial score (nSPS) is 10.2. The van der Waals surface area contributed by atoms with Gasteiger partial charge in [0.1, 0.15) is 0 Å². The van der Waals surface area contributed by atoms with Gasteiger partial charge >= 0.3 is 29.6 Å². The average Bonchev–Trinajstić information content (AvgIpc) is 2.03. The SMILES string of the molecule is C=Cc1ccccc1S(=O)(=O)[S-].[Na+]. The van der Waals surface area contributed by atoms with Crippen LogP contribution in [-0.2, 0) is 20.5 Å². The molecule has 64 valence electrons. The monoisotopic (exact) mass is 222 g/mol. The van der Waals surface area contributed by atoms with Crippen molar-refractivity contribution in [3.63, 3.8) is 0 Å². The van der Waals surface area contributed by atoms with Gasteiger partial charge in [-0.1, -0.05) is 30.9 Å². The molecule has 1 aromatic rings. The molecule has 1 aromatic carbocycles. The molecule has 0 saturated heterocycles. The molecule has 0 atom stereocenters. The maximum atomic E-state index is 11.0. The van der Waals surface area contributed by atoms with Gasteiger partial charge in [-0.2, -0.15) is 0 Å². The van der Waals surface area contributed by atoms with Crippen molar-refractivity contribution >= 4 is 26.6 Å². The summed E-state index contributed by atoms with van der Waals surface area (Å²) in [6, 6.07) is 6.50. The first-order valence-corrected chi connectivity index (χ1v) is 5.64. The summed E-state index contributed by atoms with van der Waals surface area (Å²) in [5.74, 6) is 0. The van der Waals surface area contributed by atoms with Crippen LogP contribution in [-0.4, -0.2) is 8.42 Å². The zero-order valence-corrected chi connectivity index (χ0v) is 10.9. The molecule has 13 heavy (non-hydrogen) atoms. The first kappa shape index (κ1) is 13.3. The van der Waals surface area contributed by atoms with Crippen LogP contribution in [0.3, 0.4) is 0 Å². The molecule has 0 aliphatic rings. The van der Waals surface area contributed by atoms with E-state index in [-0.39, 0.29) is 34.5 Å². The minimum atomic E-state index is -3.53. The van der Waals surface area contributed by atoms with Gasteiger partial charge in [0.2, 0.25) is 0 Å². The van der Waals surface area contributed by atoms with Gasteiger partial charge in [-0.25, -0.2) is 8.42 Å². The Morgan fingerprint density at radius 2 is 1.85 bits per heavy atom. The predicted octanol–water partition coefficient (Wildman–Crippen LogP) is -1.43. The molecule has 0 unspecified atom stereocenters. The summed E-state index contributed by atoms with van der Waals surface area (Å²) in [7, 11) is -3.53. The first-order chi connectivity index (χ1) is 5.55. The quantitative estimate of drug-likeness (QED) is 0.349. The average molecular weight is 222 g/mol. The van der Waals surface area contributed by atoms with Gasteiger partial charge in [0.25, 0.3) is 0 Å². The summed E-state index contributed by atoms with van der Waals surface area (Å²) in [6.45, 7) is 3.49. The molecule has 0 aliphatic carbocycles. The fourth-order valence-electron chi connectivity index (χ4n) is 0.877. The molecule has 0 amide bonds. The third-order valence-corrected chi connectivity index (χ3v) is 2.86. The van der Waals surface area contributed by atoms with Crippen LogP contribution in [0.1, 0.15) is 5.56 Å². The van der Waals surface area contributed by atoms with Crippen LogP contribution in [0.25, 0.3) is 6.08 Å². The Morgan fingerprint density at radius 3 is 2.23 bits per heavy atom. The largest absolute Gasteiger partial charge is 1.00 e. The Labute approximate surface area is 105 Å². The fraction of sp³-hybridized carbons (Fsp3) is 0. The van der Waals surface area contributed by atoms with Crippen molar-refractivity contribution in [2.24, 2.45) is 0 Å². The second kappa shape index (κ2) is 5.22. The van der Waals surface area contributed by atoms with Crippen molar-refractivity contribution in [1.29, 1.82) is 0 Å². The Hall–Kier alpha value is 0.260. The molecule has 2 nitrogen and oxygen atoms in total. The standard InChI is InChI=1S/C8H8O2S2.Na/c1-2-7-5-3-4-6-8(7)12(9,10)11;/h2-6H,1H2,(H,9,10,11);/q;+1/p-1. The van der Waals surface area contributed by atoms with Gasteiger partial charge in [-0.05, 0) is 11.6 Å². The van der Waals surface area contributed by atoms with E-state index < -0.39 is 8.87 Å². The maximum absolute atomic E-state index is 11.0. The summed E-state index contributed by atoms with van der Waals surface area (Å²) < 4.78 is 22.0. The van der Waals surface area contributed by atoms with Crippen LogP contribution in [0.2, 0.25) is 0 Å². The van der Waals surface area contributed by atoms with Crippen LogP contribution >= 0.6 is 0 Å². The van der Waals surface area contributed by atoms with Crippen LogP contribution in [0.4, 0.5) is 0 Å². The third kappa shape index (κ3) is 3.48. The molecule has 5 heteroatoms. The second-order valence-corrected chi connectivity index (χ2v) is 4.86. The molecular weight excluding hydrogens is 215 g/mol. The van der Waals surface area contributed by atoms with Gasteiger partial charge in [0.05, 0.1) is 13.8 Å². The fourth-order valence-corrected chi connectivity index (χ4v) is 2.02. The molecule has 0 fully saturated rings. The summed E-state index contributed by atoms with van der Waals surface area (Å²) in [4.78, 5) is 0.148. The van der Waals surface area contributed by atoms with Gasteiger partial charge in [0, 0.05) is 0 Å². The zero-order chi connectivity index (χ0) is 9.19. The summed E-state index contributed by atoms with van der Waals surface area (Å²) >= 11 is 4.33. The summed E-state index contributed by atoms with van der Waals surface area (Å²) in [6.07, 6.45) is 1.47. The van der Waals surface area contributed by atoms with E-state index >= 15 is 0 Å². The molecular formula is C8H7NaO2S2. The van der Waals surface area contributed by atoms with Crippen molar-refractivity contribution in [3.05, 3.63) is 36.4 Å². The Morgan fingerprint density at radius 1 is 1.31 bits per heavy atom.